The number of allylic oxidation sites excluding steroid dienone is 2. The Labute approximate surface area is 426 Å². The smallest absolute Gasteiger partial charge is 0.462 e. The van der Waals surface area contributed by atoms with Crippen LogP contribution in [-0.4, -0.2) is 98.3 Å². The molecule has 6 N–H and O–H groups in total. The third-order valence-electron chi connectivity index (χ3n) is 13.9. The minimum atomic E-state index is -5.12. The largest absolute Gasteiger partial charge is 0.472 e. The second kappa shape index (κ2) is 46.1. The van der Waals surface area contributed by atoms with Crippen LogP contribution < -0.4 is 0 Å². The number of aliphatic hydroxyl groups excluding tert-OH is 5. The maximum Gasteiger partial charge on any atom is 0.472 e. The molecule has 1 saturated carbocycles. The topological polar surface area (TPSA) is 210 Å². The van der Waals surface area contributed by atoms with Crippen molar-refractivity contribution in [1.82, 2.24) is 0 Å². The minimum absolute atomic E-state index is 0.103. The summed E-state index contributed by atoms with van der Waals surface area (Å²) in [5, 5.41) is 50.4. The van der Waals surface area contributed by atoms with Gasteiger partial charge in [-0.2, -0.15) is 0 Å². The zero-order valence-corrected chi connectivity index (χ0v) is 45.5. The van der Waals surface area contributed by atoms with E-state index in [-0.39, 0.29) is 12.8 Å². The lowest BCUT2D eigenvalue weighted by Gasteiger charge is -2.41. The first-order chi connectivity index (χ1) is 33.9. The molecule has 0 saturated heterocycles. The number of hydrogen-bond donors (Lipinski definition) is 6. The molecule has 0 heterocycles. The second-order valence-corrected chi connectivity index (χ2v) is 21.9. The highest BCUT2D eigenvalue weighted by atomic mass is 31.2. The first kappa shape index (κ1) is 66.6. The number of carbonyl (C=O) groups is 2. The molecule has 414 valence electrons. The summed E-state index contributed by atoms with van der Waals surface area (Å²) < 4.78 is 33.8. The van der Waals surface area contributed by atoms with Crippen LogP contribution >= 0.6 is 7.82 Å². The van der Waals surface area contributed by atoms with Gasteiger partial charge in [0.1, 0.15) is 43.2 Å². The van der Waals surface area contributed by atoms with Gasteiger partial charge in [-0.25, -0.2) is 4.57 Å². The molecule has 6 unspecified atom stereocenters. The fourth-order valence-corrected chi connectivity index (χ4v) is 10.2. The van der Waals surface area contributed by atoms with E-state index in [4.69, 9.17) is 18.5 Å². The average molecular weight is 1020 g/mol. The van der Waals surface area contributed by atoms with E-state index in [0.29, 0.717) is 12.8 Å². The summed E-state index contributed by atoms with van der Waals surface area (Å²) in [7, 11) is -5.12. The van der Waals surface area contributed by atoms with Crippen LogP contribution in [0, 0.1) is 0 Å². The molecular weight excluding hydrogens is 912 g/mol. The summed E-state index contributed by atoms with van der Waals surface area (Å²) in [4.78, 5) is 36.0. The molecule has 1 rings (SSSR count). The van der Waals surface area contributed by atoms with Crippen molar-refractivity contribution in [3.63, 3.8) is 0 Å². The van der Waals surface area contributed by atoms with Gasteiger partial charge in [-0.05, 0) is 38.5 Å². The fraction of sp³-hybridized carbons (Fsp3) is 0.929. The summed E-state index contributed by atoms with van der Waals surface area (Å²) in [5.74, 6) is -1.08. The highest BCUT2D eigenvalue weighted by Gasteiger charge is 2.51. The molecule has 0 spiro atoms. The van der Waals surface area contributed by atoms with Crippen molar-refractivity contribution in [2.24, 2.45) is 0 Å². The van der Waals surface area contributed by atoms with E-state index < -0.39 is 75.7 Å². The Bertz CT molecular complexity index is 1270. The van der Waals surface area contributed by atoms with E-state index in [9.17, 15) is 44.6 Å². The highest BCUT2D eigenvalue weighted by Crippen LogP contribution is 2.47. The molecule has 1 aliphatic rings. The Balaban J connectivity index is 2.32. The minimum Gasteiger partial charge on any atom is -0.462 e. The van der Waals surface area contributed by atoms with Crippen LogP contribution in [0.3, 0.4) is 0 Å². The molecule has 1 aliphatic carbocycles. The molecular formula is C56H107O13P. The molecule has 0 bridgehead atoms. The van der Waals surface area contributed by atoms with Gasteiger partial charge in [-0.3, -0.25) is 18.6 Å². The zero-order valence-electron chi connectivity index (χ0n) is 44.6. The van der Waals surface area contributed by atoms with Crippen LogP contribution in [0.15, 0.2) is 12.2 Å². The third kappa shape index (κ3) is 37.3. The lowest BCUT2D eigenvalue weighted by Crippen LogP contribution is -2.64. The van der Waals surface area contributed by atoms with Gasteiger partial charge in [-0.1, -0.05) is 238 Å². The van der Waals surface area contributed by atoms with Gasteiger partial charge >= 0.3 is 19.8 Å². The summed E-state index contributed by atoms with van der Waals surface area (Å²) in [6, 6.07) is 0. The molecule has 0 aromatic heterocycles. The summed E-state index contributed by atoms with van der Waals surface area (Å²) in [6.07, 6.45) is 39.7. The molecule has 8 atom stereocenters. The van der Waals surface area contributed by atoms with Crippen molar-refractivity contribution in [3.8, 4) is 0 Å². The third-order valence-corrected chi connectivity index (χ3v) is 14.8. The Kier molecular flexibility index (Phi) is 43.9. The standard InChI is InChI=1S/C56H107O13P/c1-3-5-7-9-11-13-15-17-19-21-23-24-25-27-29-31-33-35-37-39-41-43-45-50(58)68-48(47-67-70(64,65)69-56-54(62)52(60)51(59)53(61)55(56)63)46-66-49(57)44-42-40-38-36-34-32-30-28-26-22-20-18-16-14-12-10-8-6-4-2/h18,20,48,51-56,59-63H,3-17,19,21-47H2,1-2H3,(H,64,65)/b20-18+/t48-,51?,52-,53?,54?,55?,56?/m1/s1. The van der Waals surface area contributed by atoms with Gasteiger partial charge in [0.25, 0.3) is 0 Å². The molecule has 0 aromatic rings. The van der Waals surface area contributed by atoms with Crippen LogP contribution in [0.5, 0.6) is 0 Å². The SMILES string of the molecule is CCCCCCCC/C=C/CCCCCCCCCCCC(=O)OC[C@H](COP(=O)(O)OC1C(O)C(O)C(O)[C@@H](O)C1O)OC(=O)CCCCCCCCCCCCCCCCCCCCCCCC. The van der Waals surface area contributed by atoms with E-state index >= 15 is 0 Å². The summed E-state index contributed by atoms with van der Waals surface area (Å²) in [5.41, 5.74) is 0. The van der Waals surface area contributed by atoms with E-state index in [1.54, 1.807) is 0 Å². The van der Waals surface area contributed by atoms with Crippen molar-refractivity contribution in [3.05, 3.63) is 12.2 Å². The molecule has 0 aromatic carbocycles. The monoisotopic (exact) mass is 1020 g/mol. The van der Waals surface area contributed by atoms with Crippen LogP contribution in [0.25, 0.3) is 0 Å². The number of unbranched alkanes of at least 4 members (excludes halogenated alkanes) is 36. The van der Waals surface area contributed by atoms with Crippen molar-refractivity contribution >= 4 is 19.8 Å². The second-order valence-electron chi connectivity index (χ2n) is 20.5. The number of hydrogen-bond acceptors (Lipinski definition) is 12. The Morgan fingerprint density at radius 1 is 0.429 bits per heavy atom. The van der Waals surface area contributed by atoms with Gasteiger partial charge in [0, 0.05) is 12.8 Å². The molecule has 70 heavy (non-hydrogen) atoms. The van der Waals surface area contributed by atoms with E-state index in [1.165, 1.54) is 199 Å². The molecule has 1 fully saturated rings. The first-order valence-corrected chi connectivity index (χ1v) is 30.5. The predicted molar refractivity (Wildman–Crippen MR) is 281 cm³/mol. The van der Waals surface area contributed by atoms with Crippen LogP contribution in [-0.2, 0) is 32.7 Å². The van der Waals surface area contributed by atoms with Gasteiger partial charge in [0.15, 0.2) is 6.10 Å². The first-order valence-electron chi connectivity index (χ1n) is 29.0. The number of rotatable bonds is 50. The fourth-order valence-electron chi connectivity index (χ4n) is 9.23. The van der Waals surface area contributed by atoms with E-state index in [1.807, 2.05) is 0 Å². The Morgan fingerprint density at radius 3 is 1.09 bits per heavy atom. The zero-order chi connectivity index (χ0) is 51.3. The number of carbonyl (C=O) groups excluding carboxylic acids is 2. The number of phosphoric ester groups is 1. The van der Waals surface area contributed by atoms with Gasteiger partial charge in [0.2, 0.25) is 0 Å². The predicted octanol–water partition coefficient (Wildman–Crippen LogP) is 13.4. The van der Waals surface area contributed by atoms with Crippen molar-refractivity contribution < 1.29 is 63.1 Å². The molecule has 14 heteroatoms. The van der Waals surface area contributed by atoms with Crippen molar-refractivity contribution in [2.45, 2.75) is 320 Å². The van der Waals surface area contributed by atoms with Crippen LogP contribution in [0.1, 0.15) is 277 Å². The Hall–Kier alpha value is -1.41. The molecule has 13 nitrogen and oxygen atoms in total. The number of ether oxygens (including phenoxy) is 2. The Morgan fingerprint density at radius 2 is 0.729 bits per heavy atom. The van der Waals surface area contributed by atoms with Crippen molar-refractivity contribution in [1.29, 1.82) is 0 Å². The van der Waals surface area contributed by atoms with E-state index in [2.05, 4.69) is 26.0 Å². The summed E-state index contributed by atoms with van der Waals surface area (Å²) in [6.45, 7) is 3.36. The molecule has 0 aliphatic heterocycles. The van der Waals surface area contributed by atoms with Gasteiger partial charge < -0.3 is 39.9 Å². The maximum absolute atomic E-state index is 12.9. The highest BCUT2D eigenvalue weighted by molar-refractivity contribution is 7.47. The normalized spacial score (nSPS) is 20.7. The quantitative estimate of drug-likeness (QED) is 0.0145. The number of aliphatic hydroxyl groups is 5. The summed E-state index contributed by atoms with van der Waals surface area (Å²) >= 11 is 0. The van der Waals surface area contributed by atoms with Gasteiger partial charge in [0.05, 0.1) is 6.61 Å². The van der Waals surface area contributed by atoms with Gasteiger partial charge in [-0.15, -0.1) is 0 Å². The molecule has 0 amide bonds. The molecule has 0 radical (unpaired) electrons. The lowest BCUT2D eigenvalue weighted by molar-refractivity contribution is -0.220. The van der Waals surface area contributed by atoms with Crippen LogP contribution in [0.4, 0.5) is 0 Å². The number of esters is 2. The number of phosphoric acid groups is 1. The van der Waals surface area contributed by atoms with Crippen molar-refractivity contribution in [2.75, 3.05) is 13.2 Å². The van der Waals surface area contributed by atoms with E-state index in [0.717, 1.165) is 38.5 Å². The lowest BCUT2D eigenvalue weighted by atomic mass is 9.85. The maximum atomic E-state index is 12.9. The average Bonchev–Trinajstić information content (AvgIpc) is 3.34. The van der Waals surface area contributed by atoms with Crippen LogP contribution in [0.2, 0.25) is 0 Å².